The second-order valence-corrected chi connectivity index (χ2v) is 7.47. The lowest BCUT2D eigenvalue weighted by atomic mass is 10.2. The van der Waals surface area contributed by atoms with Crippen LogP contribution in [0.2, 0.25) is 0 Å². The summed E-state index contributed by atoms with van der Waals surface area (Å²) in [7, 11) is 0. The predicted octanol–water partition coefficient (Wildman–Crippen LogP) is 1.30. The lowest BCUT2D eigenvalue weighted by molar-refractivity contribution is -0.509. The number of aryl methyl sites for hydroxylation is 1. The molecular weight excluding hydrogens is 402 g/mol. The number of hydrogen-bond donors (Lipinski definition) is 1. The zero-order valence-corrected chi connectivity index (χ0v) is 16.8. The Morgan fingerprint density at radius 3 is 2.65 bits per heavy atom. The van der Waals surface area contributed by atoms with Crippen LogP contribution in [0.4, 0.5) is 11.4 Å². The van der Waals surface area contributed by atoms with Gasteiger partial charge in [0.1, 0.15) is 0 Å². The molecule has 5 rings (SSSR count). The maximum atomic E-state index is 12.6. The van der Waals surface area contributed by atoms with E-state index in [1.807, 2.05) is 36.1 Å². The minimum atomic E-state index is -0.817. The molecule has 1 N–H and O–H groups in total. The Morgan fingerprint density at radius 2 is 1.84 bits per heavy atom. The van der Waals surface area contributed by atoms with Crippen molar-refractivity contribution in [2.45, 2.75) is 13.2 Å². The highest BCUT2D eigenvalue weighted by Gasteiger charge is 2.49. The average Bonchev–Trinajstić information content (AvgIpc) is 3.39. The van der Waals surface area contributed by atoms with Gasteiger partial charge in [-0.1, -0.05) is 17.7 Å². The molecule has 31 heavy (non-hydrogen) atoms. The number of azo groups is 2. The molecule has 0 aliphatic carbocycles. The highest BCUT2D eigenvalue weighted by atomic mass is 16.7. The van der Waals surface area contributed by atoms with Crippen molar-refractivity contribution in [1.82, 2.24) is 4.90 Å². The molecular formula is C21H20N5O5+. The van der Waals surface area contributed by atoms with Crippen LogP contribution in [0.15, 0.2) is 47.6 Å². The van der Waals surface area contributed by atoms with Crippen molar-refractivity contribution < 1.29 is 28.6 Å². The van der Waals surface area contributed by atoms with Crippen LogP contribution < -0.4 is 19.7 Å². The quantitative estimate of drug-likeness (QED) is 0.589. The van der Waals surface area contributed by atoms with Crippen LogP contribution in [0.3, 0.4) is 0 Å². The van der Waals surface area contributed by atoms with Crippen LogP contribution in [0.1, 0.15) is 5.56 Å². The molecule has 10 nitrogen and oxygen atoms in total. The second kappa shape index (κ2) is 7.38. The van der Waals surface area contributed by atoms with Crippen molar-refractivity contribution in [2.75, 3.05) is 36.6 Å². The van der Waals surface area contributed by atoms with Crippen LogP contribution in [0.25, 0.3) is 0 Å². The van der Waals surface area contributed by atoms with Gasteiger partial charge in [0.2, 0.25) is 6.79 Å². The predicted molar refractivity (Wildman–Crippen MR) is 108 cm³/mol. The van der Waals surface area contributed by atoms with E-state index in [1.165, 1.54) is 4.90 Å². The number of rotatable bonds is 4. The van der Waals surface area contributed by atoms with E-state index in [9.17, 15) is 14.4 Å². The topological polar surface area (TPSA) is 104 Å². The summed E-state index contributed by atoms with van der Waals surface area (Å²) in [5, 5.41) is 7.10. The van der Waals surface area contributed by atoms with Crippen LogP contribution in [-0.2, 0) is 14.4 Å². The summed E-state index contributed by atoms with van der Waals surface area (Å²) in [5.41, 5.74) is 2.51. The molecule has 3 aliphatic rings. The lowest BCUT2D eigenvalue weighted by Gasteiger charge is -2.27. The van der Waals surface area contributed by atoms with E-state index >= 15 is 0 Å². The van der Waals surface area contributed by atoms with Crippen LogP contribution in [0.5, 0.6) is 11.5 Å². The molecule has 2 aromatic rings. The van der Waals surface area contributed by atoms with Gasteiger partial charge in [-0.05, 0) is 35.9 Å². The monoisotopic (exact) mass is 422 g/mol. The summed E-state index contributed by atoms with van der Waals surface area (Å²) >= 11 is 0. The number of fused-ring (bicyclic) bond motifs is 2. The molecule has 3 heterocycles. The number of carbonyl (C=O) groups excluding carboxylic acids is 3. The van der Waals surface area contributed by atoms with E-state index in [0.29, 0.717) is 30.3 Å². The fourth-order valence-corrected chi connectivity index (χ4v) is 3.78. The van der Waals surface area contributed by atoms with Crippen LogP contribution in [-0.4, -0.2) is 60.0 Å². The van der Waals surface area contributed by atoms with Crippen LogP contribution >= 0.6 is 0 Å². The third-order valence-corrected chi connectivity index (χ3v) is 5.38. The Kier molecular flexibility index (Phi) is 4.54. The van der Waals surface area contributed by atoms with Gasteiger partial charge in [-0.2, -0.15) is 0 Å². The molecule has 0 radical (unpaired) electrons. The van der Waals surface area contributed by atoms with Gasteiger partial charge < -0.3 is 19.7 Å². The molecule has 0 aromatic heterocycles. The van der Waals surface area contributed by atoms with Gasteiger partial charge in [0.05, 0.1) is 0 Å². The smallest absolute Gasteiger partial charge is 0.454 e. The van der Waals surface area contributed by atoms with E-state index < -0.39 is 24.0 Å². The third-order valence-electron chi connectivity index (χ3n) is 5.38. The number of amides is 3. The van der Waals surface area contributed by atoms with Gasteiger partial charge in [-0.15, -0.1) is 0 Å². The van der Waals surface area contributed by atoms with E-state index in [-0.39, 0.29) is 13.3 Å². The van der Waals surface area contributed by atoms with E-state index in [1.54, 1.807) is 18.2 Å². The Morgan fingerprint density at radius 1 is 1.10 bits per heavy atom. The lowest BCUT2D eigenvalue weighted by Crippen LogP contribution is -2.52. The third kappa shape index (κ3) is 3.45. The highest BCUT2D eigenvalue weighted by molar-refractivity contribution is 6.32. The number of anilines is 2. The van der Waals surface area contributed by atoms with Gasteiger partial charge in [0.15, 0.2) is 11.5 Å². The molecule has 0 bridgehead atoms. The molecule has 10 heteroatoms. The minimum Gasteiger partial charge on any atom is -0.454 e. The number of hydrogen-bond acceptors (Lipinski definition) is 7. The minimum absolute atomic E-state index is 0.130. The summed E-state index contributed by atoms with van der Waals surface area (Å²) in [6.07, 6.45) is -0.661. The fourth-order valence-electron chi connectivity index (χ4n) is 3.78. The van der Waals surface area contributed by atoms with E-state index in [2.05, 4.69) is 10.4 Å². The molecule has 0 saturated carbocycles. The van der Waals surface area contributed by atoms with Crippen molar-refractivity contribution in [3.63, 3.8) is 0 Å². The first-order valence-corrected chi connectivity index (χ1v) is 9.86. The molecule has 1 fully saturated rings. The molecule has 1 atom stereocenters. The number of nitrogens with zero attached hydrogens (tertiary/aromatic N) is 4. The number of carbonyl (C=O) groups is 3. The zero-order valence-electron chi connectivity index (χ0n) is 16.8. The Bertz CT molecular complexity index is 1110. The van der Waals surface area contributed by atoms with Gasteiger partial charge in [0, 0.05) is 35.6 Å². The fraction of sp³-hybridized carbons (Fsp3) is 0.286. The molecule has 3 amide bonds. The summed E-state index contributed by atoms with van der Waals surface area (Å²) in [4.78, 5) is 41.0. The van der Waals surface area contributed by atoms with Crippen molar-refractivity contribution in [2.24, 2.45) is 5.11 Å². The molecule has 158 valence electrons. The van der Waals surface area contributed by atoms with Gasteiger partial charge >= 0.3 is 11.8 Å². The summed E-state index contributed by atoms with van der Waals surface area (Å²) in [5.74, 6) is -0.824. The average molecular weight is 422 g/mol. The van der Waals surface area contributed by atoms with Crippen molar-refractivity contribution in [3.05, 3.63) is 48.0 Å². The maximum absolute atomic E-state index is 12.6. The highest BCUT2D eigenvalue weighted by Crippen LogP contribution is 2.34. The van der Waals surface area contributed by atoms with Gasteiger partial charge in [0.25, 0.3) is 18.7 Å². The summed E-state index contributed by atoms with van der Waals surface area (Å²) < 4.78 is 11.5. The largest absolute Gasteiger partial charge is 0.502 e. The molecule has 3 aliphatic heterocycles. The molecule has 0 spiro atoms. The van der Waals surface area contributed by atoms with Crippen molar-refractivity contribution in [3.8, 4) is 11.5 Å². The molecule has 1 unspecified atom stereocenters. The Labute approximate surface area is 177 Å². The number of nitrogens with one attached hydrogen (secondary N) is 1. The summed E-state index contributed by atoms with van der Waals surface area (Å²) in [6, 6.07) is 12.8. The van der Waals surface area contributed by atoms with Crippen molar-refractivity contribution in [1.29, 1.82) is 0 Å². The first kappa shape index (κ1) is 19.0. The number of ether oxygens (including phenoxy) is 2. The molecule has 1 saturated heterocycles. The Hall–Kier alpha value is -3.95. The normalized spacial score (nSPS) is 19.4. The summed E-state index contributed by atoms with van der Waals surface area (Å²) in [6.45, 7) is 2.70. The van der Waals surface area contributed by atoms with Gasteiger partial charge in [-0.3, -0.25) is 14.5 Å². The number of benzene rings is 2. The van der Waals surface area contributed by atoms with E-state index in [0.717, 1.165) is 15.9 Å². The van der Waals surface area contributed by atoms with Crippen molar-refractivity contribution >= 4 is 29.1 Å². The zero-order chi connectivity index (χ0) is 21.5. The van der Waals surface area contributed by atoms with Crippen LogP contribution in [0, 0.1) is 6.92 Å². The van der Waals surface area contributed by atoms with Gasteiger partial charge in [-0.25, -0.2) is 4.79 Å². The first-order valence-electron chi connectivity index (χ1n) is 9.86. The molecule has 2 aromatic carbocycles. The first-order chi connectivity index (χ1) is 15.0. The maximum Gasteiger partial charge on any atom is 0.502 e. The van der Waals surface area contributed by atoms with E-state index in [4.69, 9.17) is 9.47 Å². The SMILES string of the molecule is Cc1ccc(N2CCN3C(=O)C(=O)[N+](CC(=O)Nc4ccc5c(c4)OCO5)=NC32)cc1. The standard InChI is InChI=1S/C21H19N5O5/c1-13-2-5-15(6-3-13)24-8-9-25-19(28)20(29)26(23-21(24)25)11-18(27)22-14-4-7-16-17(10-14)31-12-30-16/h2-7,10,21H,8-9,11-12H2,1H3/p+1. The Balaban J connectivity index is 1.34. The second-order valence-electron chi connectivity index (χ2n) is 7.47.